The highest BCUT2D eigenvalue weighted by Crippen LogP contribution is 2.34. The molecule has 122 valence electrons. The van der Waals surface area contributed by atoms with Gasteiger partial charge < -0.3 is 4.90 Å². The lowest BCUT2D eigenvalue weighted by molar-refractivity contribution is -0.138. The summed E-state index contributed by atoms with van der Waals surface area (Å²) in [6.07, 6.45) is 8.80. The number of hydrogen-bond acceptors (Lipinski definition) is 2. The van der Waals surface area contributed by atoms with Gasteiger partial charge in [-0.2, -0.15) is 0 Å². The van der Waals surface area contributed by atoms with Crippen LogP contribution in [0.2, 0.25) is 0 Å². The van der Waals surface area contributed by atoms with Crippen LogP contribution < -0.4 is 0 Å². The van der Waals surface area contributed by atoms with Crippen LogP contribution in [0, 0.1) is 17.8 Å². The predicted molar refractivity (Wildman–Crippen MR) is 96.0 cm³/mol. The van der Waals surface area contributed by atoms with Crippen molar-refractivity contribution in [2.24, 2.45) is 5.41 Å². The van der Waals surface area contributed by atoms with Gasteiger partial charge in [0, 0.05) is 19.2 Å². The first-order valence-electron chi connectivity index (χ1n) is 8.27. The van der Waals surface area contributed by atoms with Gasteiger partial charge in [0.05, 0.1) is 5.69 Å². The minimum absolute atomic E-state index is 0.123. The Morgan fingerprint density at radius 1 is 1.21 bits per heavy atom. The third kappa shape index (κ3) is 3.65. The third-order valence-corrected chi connectivity index (χ3v) is 4.48. The first-order valence-corrected chi connectivity index (χ1v) is 8.27. The predicted octanol–water partition coefficient (Wildman–Crippen LogP) is 4.07. The molecule has 0 aromatic carbocycles. The van der Waals surface area contributed by atoms with E-state index < -0.39 is 0 Å². The average Bonchev–Trinajstić information content (AvgIpc) is 3.18. The number of carbonyl (C=O) groups excluding carboxylic acids is 1. The van der Waals surface area contributed by atoms with Gasteiger partial charge in [-0.1, -0.05) is 44.0 Å². The molecule has 3 nitrogen and oxygen atoms in total. The molecule has 1 aliphatic heterocycles. The van der Waals surface area contributed by atoms with E-state index in [2.05, 4.69) is 49.0 Å². The molecule has 1 aromatic heterocycles. The molecule has 1 fully saturated rings. The maximum absolute atomic E-state index is 12.1. The standard InChI is InChI=1S/C15H18N2O.C6H4/c1-4-13(12-7-5-6-10-16-12)17-11-15(2,3)9-8-14(17)18;1-2-5-4-6(5)3-1/h1,5-7,10,13H,8-9,11H2,2-3H3;1-4H. The maximum atomic E-state index is 12.1. The Bertz CT molecular complexity index is 757. The van der Waals surface area contributed by atoms with Crippen molar-refractivity contribution in [3.8, 4) is 23.5 Å². The van der Waals surface area contributed by atoms with E-state index >= 15 is 0 Å². The number of likely N-dealkylation sites (tertiary alicyclic amines) is 1. The fraction of sp³-hybridized carbons (Fsp3) is 0.333. The molecule has 4 rings (SSSR count). The number of nitrogens with zero attached hydrogens (tertiary/aromatic N) is 2. The van der Waals surface area contributed by atoms with Crippen molar-refractivity contribution in [3.05, 3.63) is 54.4 Å². The molecule has 1 atom stereocenters. The Morgan fingerprint density at radius 3 is 2.46 bits per heavy atom. The molecule has 0 saturated carbocycles. The number of amides is 1. The van der Waals surface area contributed by atoms with E-state index in [0.29, 0.717) is 13.0 Å². The number of rotatable bonds is 2. The number of carbonyl (C=O) groups is 1. The van der Waals surface area contributed by atoms with E-state index in [1.165, 1.54) is 11.1 Å². The van der Waals surface area contributed by atoms with E-state index in [1.54, 1.807) is 11.1 Å². The molecule has 2 aliphatic carbocycles. The van der Waals surface area contributed by atoms with Gasteiger partial charge in [-0.3, -0.25) is 9.78 Å². The Balaban J connectivity index is 0.000000231. The topological polar surface area (TPSA) is 33.2 Å². The highest BCUT2D eigenvalue weighted by Gasteiger charge is 2.35. The number of benzene rings is 1. The zero-order valence-corrected chi connectivity index (χ0v) is 14.2. The van der Waals surface area contributed by atoms with Gasteiger partial charge in [0.2, 0.25) is 5.91 Å². The van der Waals surface area contributed by atoms with Crippen molar-refractivity contribution in [1.82, 2.24) is 9.88 Å². The van der Waals surface area contributed by atoms with Crippen LogP contribution in [0.15, 0.2) is 48.7 Å². The average molecular weight is 318 g/mol. The molecule has 24 heavy (non-hydrogen) atoms. The van der Waals surface area contributed by atoms with Crippen LogP contribution in [0.5, 0.6) is 0 Å². The van der Waals surface area contributed by atoms with Gasteiger partial charge in [-0.05, 0) is 41.2 Å². The summed E-state index contributed by atoms with van der Waals surface area (Å²) in [5.74, 6) is 2.83. The van der Waals surface area contributed by atoms with E-state index in [-0.39, 0.29) is 17.4 Å². The first-order chi connectivity index (χ1) is 11.5. The molecule has 2 heterocycles. The van der Waals surface area contributed by atoms with E-state index in [0.717, 1.165) is 12.1 Å². The van der Waals surface area contributed by atoms with E-state index in [1.807, 2.05) is 18.2 Å². The van der Waals surface area contributed by atoms with Gasteiger partial charge in [0.25, 0.3) is 0 Å². The largest absolute Gasteiger partial charge is 0.323 e. The summed E-state index contributed by atoms with van der Waals surface area (Å²) >= 11 is 0. The molecule has 1 aromatic rings. The SMILES string of the molecule is C#CC(c1ccccn1)N1CC(C)(C)CCC1=O.c1cc2cc-2c1. The summed E-state index contributed by atoms with van der Waals surface area (Å²) in [7, 11) is 0. The van der Waals surface area contributed by atoms with Crippen molar-refractivity contribution in [2.75, 3.05) is 6.54 Å². The van der Waals surface area contributed by atoms with Gasteiger partial charge in [0.15, 0.2) is 0 Å². The number of hydrogen-bond donors (Lipinski definition) is 0. The molecule has 1 amide bonds. The number of piperidine rings is 1. The van der Waals surface area contributed by atoms with Crippen LogP contribution in [-0.4, -0.2) is 22.3 Å². The summed E-state index contributed by atoms with van der Waals surface area (Å²) in [6.45, 7) is 5.02. The summed E-state index contributed by atoms with van der Waals surface area (Å²) in [5.41, 5.74) is 3.74. The second-order valence-corrected chi connectivity index (χ2v) is 7.09. The highest BCUT2D eigenvalue weighted by molar-refractivity contribution is 5.80. The lowest BCUT2D eigenvalue weighted by Crippen LogP contribution is -2.45. The molecule has 0 bridgehead atoms. The molecule has 1 unspecified atom stereocenters. The van der Waals surface area contributed by atoms with Crippen LogP contribution >= 0.6 is 0 Å². The third-order valence-electron chi connectivity index (χ3n) is 4.48. The highest BCUT2D eigenvalue weighted by atomic mass is 16.2. The van der Waals surface area contributed by atoms with Gasteiger partial charge in [-0.25, -0.2) is 0 Å². The Morgan fingerprint density at radius 2 is 1.96 bits per heavy atom. The lowest BCUT2D eigenvalue weighted by atomic mass is 9.83. The van der Waals surface area contributed by atoms with Crippen molar-refractivity contribution in [3.63, 3.8) is 0 Å². The van der Waals surface area contributed by atoms with E-state index in [4.69, 9.17) is 6.42 Å². The fourth-order valence-electron chi connectivity index (χ4n) is 3.00. The molecular formula is C21H22N2O. The molecule has 0 spiro atoms. The minimum atomic E-state index is -0.349. The molecule has 3 aliphatic rings. The zero-order valence-electron chi connectivity index (χ0n) is 14.2. The molecule has 0 N–H and O–H groups in total. The van der Waals surface area contributed by atoms with Crippen molar-refractivity contribution in [2.45, 2.75) is 32.7 Å². The maximum Gasteiger partial charge on any atom is 0.223 e. The van der Waals surface area contributed by atoms with Crippen LogP contribution in [-0.2, 0) is 4.79 Å². The summed E-state index contributed by atoms with van der Waals surface area (Å²) < 4.78 is 0. The Hall–Kier alpha value is -2.60. The smallest absolute Gasteiger partial charge is 0.223 e. The second-order valence-electron chi connectivity index (χ2n) is 7.09. The van der Waals surface area contributed by atoms with Crippen molar-refractivity contribution >= 4 is 5.91 Å². The van der Waals surface area contributed by atoms with Crippen LogP contribution in [0.3, 0.4) is 0 Å². The summed E-state index contributed by atoms with van der Waals surface area (Å²) in [4.78, 5) is 18.1. The minimum Gasteiger partial charge on any atom is -0.323 e. The van der Waals surface area contributed by atoms with Crippen LogP contribution in [0.1, 0.15) is 38.4 Å². The molecule has 3 heteroatoms. The lowest BCUT2D eigenvalue weighted by Gasteiger charge is -2.40. The molecule has 0 radical (unpaired) electrons. The fourth-order valence-corrected chi connectivity index (χ4v) is 3.00. The molecular weight excluding hydrogens is 296 g/mol. The quantitative estimate of drug-likeness (QED) is 0.667. The number of aromatic nitrogens is 1. The van der Waals surface area contributed by atoms with Gasteiger partial charge >= 0.3 is 0 Å². The Labute approximate surface area is 143 Å². The van der Waals surface area contributed by atoms with Gasteiger partial charge in [-0.15, -0.1) is 6.42 Å². The summed E-state index contributed by atoms with van der Waals surface area (Å²) in [5, 5.41) is 0. The van der Waals surface area contributed by atoms with Gasteiger partial charge in [0.1, 0.15) is 6.04 Å². The monoisotopic (exact) mass is 318 g/mol. The van der Waals surface area contributed by atoms with Crippen molar-refractivity contribution < 1.29 is 4.79 Å². The zero-order chi connectivity index (χ0) is 17.2. The number of terminal acetylenes is 1. The molecule has 1 saturated heterocycles. The van der Waals surface area contributed by atoms with Crippen molar-refractivity contribution in [1.29, 1.82) is 0 Å². The first kappa shape index (κ1) is 16.3. The normalized spacial score (nSPS) is 18.0. The van der Waals surface area contributed by atoms with Crippen LogP contribution in [0.25, 0.3) is 11.1 Å². The number of fused-ring (bicyclic) bond motifs is 1. The Kier molecular flexibility index (Phi) is 4.40. The second kappa shape index (κ2) is 6.49. The number of pyridine rings is 1. The summed E-state index contributed by atoms with van der Waals surface area (Å²) in [6, 6.07) is 13.7. The van der Waals surface area contributed by atoms with E-state index in [9.17, 15) is 4.79 Å². The van der Waals surface area contributed by atoms with Crippen LogP contribution in [0.4, 0.5) is 0 Å².